The third-order valence-corrected chi connectivity index (χ3v) is 1.99. The first kappa shape index (κ1) is 10.9. The van der Waals surface area contributed by atoms with E-state index in [1.54, 1.807) is 6.07 Å². The lowest BCUT2D eigenvalue weighted by Gasteiger charge is -2.09. The molecule has 76 valence electrons. The van der Waals surface area contributed by atoms with Crippen LogP contribution in [0.4, 0.5) is 0 Å². The van der Waals surface area contributed by atoms with Gasteiger partial charge in [0.05, 0.1) is 5.02 Å². The van der Waals surface area contributed by atoms with Crippen LogP contribution in [0.2, 0.25) is 5.02 Å². The van der Waals surface area contributed by atoms with Crippen molar-refractivity contribution in [3.05, 3.63) is 28.3 Å². The van der Waals surface area contributed by atoms with E-state index in [-0.39, 0.29) is 6.61 Å². The highest BCUT2D eigenvalue weighted by Gasteiger charge is 2.08. The smallest absolute Gasteiger partial charge is 0.341 e. The van der Waals surface area contributed by atoms with Crippen LogP contribution in [0.15, 0.2) is 12.1 Å². The lowest BCUT2D eigenvalue weighted by molar-refractivity contribution is -0.139. The molecule has 0 aliphatic rings. The van der Waals surface area contributed by atoms with Crippen LogP contribution in [0, 0.1) is 13.8 Å². The maximum absolute atomic E-state index is 10.3. The van der Waals surface area contributed by atoms with Gasteiger partial charge in [-0.15, -0.1) is 0 Å². The predicted octanol–water partition coefficient (Wildman–Crippen LogP) is 2.42. The largest absolute Gasteiger partial charge is 0.480 e. The monoisotopic (exact) mass is 214 g/mol. The Labute approximate surface area is 87.3 Å². The number of benzene rings is 1. The van der Waals surface area contributed by atoms with Crippen LogP contribution in [0.3, 0.4) is 0 Å². The number of aryl methyl sites for hydroxylation is 2. The minimum absolute atomic E-state index is 0.371. The molecule has 4 heteroatoms. The summed E-state index contributed by atoms with van der Waals surface area (Å²) in [4.78, 5) is 10.3. The van der Waals surface area contributed by atoms with Crippen molar-refractivity contribution in [1.82, 2.24) is 0 Å². The average Bonchev–Trinajstić information content (AvgIpc) is 2.01. The van der Waals surface area contributed by atoms with Crippen molar-refractivity contribution in [3.8, 4) is 5.75 Å². The number of aliphatic carboxylic acids is 1. The number of halogens is 1. The second-order valence-electron chi connectivity index (χ2n) is 3.08. The molecule has 0 atom stereocenters. The molecule has 0 spiro atoms. The van der Waals surface area contributed by atoms with Crippen molar-refractivity contribution in [2.45, 2.75) is 13.8 Å². The second-order valence-corrected chi connectivity index (χ2v) is 3.48. The molecule has 0 radical (unpaired) electrons. The van der Waals surface area contributed by atoms with Crippen LogP contribution >= 0.6 is 11.6 Å². The van der Waals surface area contributed by atoms with Gasteiger partial charge in [-0.1, -0.05) is 17.7 Å². The summed E-state index contributed by atoms with van der Waals surface area (Å²) in [6, 6.07) is 3.63. The first-order valence-electron chi connectivity index (χ1n) is 4.12. The Bertz CT molecular complexity index is 337. The van der Waals surface area contributed by atoms with Crippen molar-refractivity contribution in [3.63, 3.8) is 0 Å². The van der Waals surface area contributed by atoms with E-state index in [0.717, 1.165) is 11.1 Å². The fraction of sp³-hybridized carbons (Fsp3) is 0.300. The molecule has 3 nitrogen and oxygen atoms in total. The van der Waals surface area contributed by atoms with Crippen LogP contribution in [0.1, 0.15) is 11.1 Å². The van der Waals surface area contributed by atoms with E-state index in [1.807, 2.05) is 19.9 Å². The molecule has 1 rings (SSSR count). The van der Waals surface area contributed by atoms with Gasteiger partial charge in [0.15, 0.2) is 6.61 Å². The van der Waals surface area contributed by atoms with Crippen LogP contribution < -0.4 is 4.74 Å². The standard InChI is InChI=1S/C10H11ClO3/c1-6-3-7(2)10(8(11)4-6)14-5-9(12)13/h3-4H,5H2,1-2H3,(H,12,13). The van der Waals surface area contributed by atoms with E-state index in [4.69, 9.17) is 21.4 Å². The molecule has 0 amide bonds. The Morgan fingerprint density at radius 1 is 1.50 bits per heavy atom. The molecule has 0 saturated carbocycles. The Balaban J connectivity index is 2.91. The first-order chi connectivity index (χ1) is 6.50. The van der Waals surface area contributed by atoms with Gasteiger partial charge in [0, 0.05) is 0 Å². The lowest BCUT2D eigenvalue weighted by atomic mass is 10.1. The zero-order valence-corrected chi connectivity index (χ0v) is 8.76. The minimum Gasteiger partial charge on any atom is -0.480 e. The number of carboxylic acid groups (broad SMARTS) is 1. The molecule has 0 aliphatic carbocycles. The summed E-state index contributed by atoms with van der Waals surface area (Å²) >= 11 is 5.90. The molecule has 1 aromatic carbocycles. The maximum atomic E-state index is 10.3. The van der Waals surface area contributed by atoms with Crippen molar-refractivity contribution in [2.75, 3.05) is 6.61 Å². The van der Waals surface area contributed by atoms with E-state index >= 15 is 0 Å². The molecule has 0 bridgehead atoms. The molecule has 0 unspecified atom stereocenters. The Morgan fingerprint density at radius 3 is 2.64 bits per heavy atom. The van der Waals surface area contributed by atoms with Crippen LogP contribution in [0.5, 0.6) is 5.75 Å². The number of carboxylic acids is 1. The Kier molecular flexibility index (Phi) is 3.36. The molecule has 14 heavy (non-hydrogen) atoms. The average molecular weight is 215 g/mol. The van der Waals surface area contributed by atoms with Crippen molar-refractivity contribution < 1.29 is 14.6 Å². The zero-order chi connectivity index (χ0) is 10.7. The van der Waals surface area contributed by atoms with Crippen LogP contribution in [0.25, 0.3) is 0 Å². The molecule has 1 N–H and O–H groups in total. The van der Waals surface area contributed by atoms with E-state index in [0.29, 0.717) is 10.8 Å². The van der Waals surface area contributed by atoms with Gasteiger partial charge in [-0.2, -0.15) is 0 Å². The topological polar surface area (TPSA) is 46.5 Å². The highest BCUT2D eigenvalue weighted by Crippen LogP contribution is 2.29. The number of rotatable bonds is 3. The van der Waals surface area contributed by atoms with E-state index < -0.39 is 5.97 Å². The fourth-order valence-corrected chi connectivity index (χ4v) is 1.59. The van der Waals surface area contributed by atoms with Gasteiger partial charge in [0.25, 0.3) is 0 Å². The molecule has 0 heterocycles. The van der Waals surface area contributed by atoms with Gasteiger partial charge in [0.2, 0.25) is 0 Å². The fourth-order valence-electron chi connectivity index (χ4n) is 1.22. The zero-order valence-electron chi connectivity index (χ0n) is 8.00. The van der Waals surface area contributed by atoms with Gasteiger partial charge in [-0.25, -0.2) is 4.79 Å². The molecular formula is C10H11ClO3. The van der Waals surface area contributed by atoms with E-state index in [1.165, 1.54) is 0 Å². The maximum Gasteiger partial charge on any atom is 0.341 e. The second kappa shape index (κ2) is 4.33. The third-order valence-electron chi connectivity index (χ3n) is 1.71. The quantitative estimate of drug-likeness (QED) is 0.841. The number of hydrogen-bond donors (Lipinski definition) is 1. The van der Waals surface area contributed by atoms with Gasteiger partial charge >= 0.3 is 5.97 Å². The highest BCUT2D eigenvalue weighted by molar-refractivity contribution is 6.32. The predicted molar refractivity (Wildman–Crippen MR) is 54.1 cm³/mol. The van der Waals surface area contributed by atoms with Gasteiger partial charge < -0.3 is 9.84 Å². The first-order valence-corrected chi connectivity index (χ1v) is 4.50. The number of ether oxygens (including phenoxy) is 1. The molecular weight excluding hydrogens is 204 g/mol. The Morgan fingerprint density at radius 2 is 2.14 bits per heavy atom. The molecule has 1 aromatic rings. The van der Waals surface area contributed by atoms with Crippen molar-refractivity contribution in [2.24, 2.45) is 0 Å². The lowest BCUT2D eigenvalue weighted by Crippen LogP contribution is -2.10. The summed E-state index contributed by atoms with van der Waals surface area (Å²) in [7, 11) is 0. The molecule has 0 aliphatic heterocycles. The molecule has 0 saturated heterocycles. The highest BCUT2D eigenvalue weighted by atomic mass is 35.5. The number of hydrogen-bond acceptors (Lipinski definition) is 2. The van der Waals surface area contributed by atoms with Gasteiger partial charge in [-0.05, 0) is 31.0 Å². The normalized spacial score (nSPS) is 9.93. The van der Waals surface area contributed by atoms with E-state index in [2.05, 4.69) is 0 Å². The van der Waals surface area contributed by atoms with Crippen LogP contribution in [-0.4, -0.2) is 17.7 Å². The van der Waals surface area contributed by atoms with Crippen molar-refractivity contribution in [1.29, 1.82) is 0 Å². The molecule has 0 aromatic heterocycles. The van der Waals surface area contributed by atoms with Crippen LogP contribution in [-0.2, 0) is 4.79 Å². The third kappa shape index (κ3) is 2.64. The minimum atomic E-state index is -1.01. The summed E-state index contributed by atoms with van der Waals surface area (Å²) in [6.07, 6.45) is 0. The van der Waals surface area contributed by atoms with Gasteiger partial charge in [0.1, 0.15) is 5.75 Å². The molecule has 0 fully saturated rings. The summed E-state index contributed by atoms with van der Waals surface area (Å²) in [5.74, 6) is -0.569. The Hall–Kier alpha value is -1.22. The summed E-state index contributed by atoms with van der Waals surface area (Å²) < 4.78 is 5.05. The summed E-state index contributed by atoms with van der Waals surface area (Å²) in [6.45, 7) is 3.37. The van der Waals surface area contributed by atoms with Crippen molar-refractivity contribution >= 4 is 17.6 Å². The van der Waals surface area contributed by atoms with E-state index in [9.17, 15) is 4.79 Å². The number of carbonyl (C=O) groups is 1. The summed E-state index contributed by atoms with van der Waals surface area (Å²) in [5, 5.41) is 8.89. The summed E-state index contributed by atoms with van der Waals surface area (Å²) in [5.41, 5.74) is 1.87. The SMILES string of the molecule is Cc1cc(C)c(OCC(=O)O)c(Cl)c1. The van der Waals surface area contributed by atoms with Gasteiger partial charge in [-0.3, -0.25) is 0 Å².